The molecule has 1 amide bonds. The highest BCUT2D eigenvalue weighted by Crippen LogP contribution is 2.35. The van der Waals surface area contributed by atoms with Gasteiger partial charge in [0.05, 0.1) is 30.1 Å². The summed E-state index contributed by atoms with van der Waals surface area (Å²) in [5.41, 5.74) is 9.05. The molecule has 0 spiro atoms. The number of furan rings is 2. The fourth-order valence-corrected chi connectivity index (χ4v) is 3.67. The Morgan fingerprint density at radius 1 is 0.926 bits per heavy atom. The third-order valence-corrected chi connectivity index (χ3v) is 4.86. The van der Waals surface area contributed by atoms with Crippen molar-refractivity contribution in [2.75, 3.05) is 0 Å². The lowest BCUT2D eigenvalue weighted by Gasteiger charge is -2.06. The Bertz CT molecular complexity index is 1260. The number of amides is 1. The van der Waals surface area contributed by atoms with Crippen molar-refractivity contribution in [3.05, 3.63) is 84.5 Å². The molecule has 3 heterocycles. The average Bonchev–Trinajstić information content (AvgIpc) is 3.43. The number of primary amides is 1. The normalized spacial score (nSPS) is 11.4. The molecule has 0 aliphatic heterocycles. The topological polar surface area (TPSA) is 74.3 Å². The number of nitrogens with two attached hydrogens (primary N) is 1. The summed E-state index contributed by atoms with van der Waals surface area (Å²) in [4.78, 5) is 12.0. The molecule has 0 unspecified atom stereocenters. The Balaban J connectivity index is 1.85. The van der Waals surface area contributed by atoms with Crippen LogP contribution in [-0.2, 0) is 6.54 Å². The molecule has 0 saturated carbocycles. The summed E-state index contributed by atoms with van der Waals surface area (Å²) in [6, 6.07) is 19.3. The number of rotatable bonds is 4. The van der Waals surface area contributed by atoms with E-state index < -0.39 is 5.91 Å². The fourth-order valence-electron chi connectivity index (χ4n) is 3.67. The van der Waals surface area contributed by atoms with Crippen molar-refractivity contribution in [2.24, 2.45) is 5.73 Å². The van der Waals surface area contributed by atoms with Crippen LogP contribution in [0.25, 0.3) is 33.1 Å². The minimum atomic E-state index is -0.437. The average molecular weight is 356 g/mol. The highest BCUT2D eigenvalue weighted by atomic mass is 16.3. The van der Waals surface area contributed by atoms with Gasteiger partial charge in [-0.25, -0.2) is 0 Å². The molecular formula is C22H16N2O3. The van der Waals surface area contributed by atoms with Gasteiger partial charge in [0.2, 0.25) is 5.91 Å². The number of hydrogen-bond donors (Lipinski definition) is 1. The lowest BCUT2D eigenvalue weighted by molar-refractivity contribution is 0.100. The number of fused-ring (bicyclic) bond motifs is 3. The molecule has 27 heavy (non-hydrogen) atoms. The molecule has 5 heteroatoms. The first-order chi connectivity index (χ1) is 13.2. The van der Waals surface area contributed by atoms with Crippen LogP contribution in [0.3, 0.4) is 0 Å². The summed E-state index contributed by atoms with van der Waals surface area (Å²) in [5, 5.41) is 1.83. The maximum absolute atomic E-state index is 12.0. The maximum atomic E-state index is 12.0. The second kappa shape index (κ2) is 5.92. The van der Waals surface area contributed by atoms with E-state index >= 15 is 0 Å². The zero-order valence-electron chi connectivity index (χ0n) is 14.4. The number of benzene rings is 2. The van der Waals surface area contributed by atoms with Crippen LogP contribution in [0.1, 0.15) is 16.1 Å². The predicted octanol–water partition coefficient (Wildman–Crippen LogP) is 4.79. The van der Waals surface area contributed by atoms with Gasteiger partial charge in [-0.1, -0.05) is 18.2 Å². The minimum absolute atomic E-state index is 0.437. The van der Waals surface area contributed by atoms with Gasteiger partial charge in [0.25, 0.3) is 0 Å². The van der Waals surface area contributed by atoms with E-state index in [1.165, 1.54) is 0 Å². The molecule has 3 aromatic heterocycles. The monoisotopic (exact) mass is 356 g/mol. The van der Waals surface area contributed by atoms with E-state index in [1.807, 2.05) is 48.5 Å². The lowest BCUT2D eigenvalue weighted by Crippen LogP contribution is -2.11. The first kappa shape index (κ1) is 15.5. The van der Waals surface area contributed by atoms with Crippen molar-refractivity contribution >= 4 is 27.7 Å². The van der Waals surface area contributed by atoms with Gasteiger partial charge in [-0.15, -0.1) is 0 Å². The van der Waals surface area contributed by atoms with Gasteiger partial charge in [-0.3, -0.25) is 4.79 Å². The second-order valence-corrected chi connectivity index (χ2v) is 6.44. The van der Waals surface area contributed by atoms with Crippen molar-refractivity contribution < 1.29 is 13.6 Å². The molecule has 2 aromatic carbocycles. The summed E-state index contributed by atoms with van der Waals surface area (Å²) in [6.07, 6.45) is 3.31. The molecule has 0 atom stereocenters. The van der Waals surface area contributed by atoms with Crippen molar-refractivity contribution in [2.45, 2.75) is 6.54 Å². The Hall–Kier alpha value is -3.73. The summed E-state index contributed by atoms with van der Waals surface area (Å²) in [6.45, 7) is 0.552. The van der Waals surface area contributed by atoms with Gasteiger partial charge in [0, 0.05) is 21.9 Å². The molecule has 2 N–H and O–H groups in total. The molecule has 132 valence electrons. The van der Waals surface area contributed by atoms with Gasteiger partial charge in [0.1, 0.15) is 11.5 Å². The van der Waals surface area contributed by atoms with Crippen molar-refractivity contribution in [1.29, 1.82) is 0 Å². The summed E-state index contributed by atoms with van der Waals surface area (Å²) in [5.74, 6) is 1.19. The first-order valence-electron chi connectivity index (χ1n) is 8.63. The van der Waals surface area contributed by atoms with Crippen LogP contribution < -0.4 is 5.73 Å². The Morgan fingerprint density at radius 3 is 2.52 bits per heavy atom. The van der Waals surface area contributed by atoms with Crippen molar-refractivity contribution in [3.8, 4) is 11.3 Å². The SMILES string of the molecule is NC(=O)c1cccc2c1c1ccc(-c3ccco3)cc1n2Cc1ccco1. The minimum Gasteiger partial charge on any atom is -0.467 e. The van der Waals surface area contributed by atoms with E-state index in [9.17, 15) is 4.79 Å². The summed E-state index contributed by atoms with van der Waals surface area (Å²) in [7, 11) is 0. The molecule has 5 aromatic rings. The highest BCUT2D eigenvalue weighted by Gasteiger charge is 2.18. The van der Waals surface area contributed by atoms with E-state index in [4.69, 9.17) is 14.6 Å². The van der Waals surface area contributed by atoms with Crippen LogP contribution in [0.2, 0.25) is 0 Å². The largest absolute Gasteiger partial charge is 0.467 e. The van der Waals surface area contributed by atoms with E-state index in [0.717, 1.165) is 38.9 Å². The van der Waals surface area contributed by atoms with Crippen LogP contribution in [0, 0.1) is 0 Å². The molecule has 5 rings (SSSR count). The van der Waals surface area contributed by atoms with Crippen LogP contribution in [-0.4, -0.2) is 10.5 Å². The van der Waals surface area contributed by atoms with E-state index in [2.05, 4.69) is 10.6 Å². The zero-order valence-corrected chi connectivity index (χ0v) is 14.4. The molecule has 0 aliphatic rings. The third kappa shape index (κ3) is 2.44. The molecule has 5 nitrogen and oxygen atoms in total. The molecule has 0 fully saturated rings. The molecule has 0 bridgehead atoms. The predicted molar refractivity (Wildman–Crippen MR) is 103 cm³/mol. The second-order valence-electron chi connectivity index (χ2n) is 6.44. The fraction of sp³-hybridized carbons (Fsp3) is 0.0455. The quantitative estimate of drug-likeness (QED) is 0.503. The molecule has 0 radical (unpaired) electrons. The number of nitrogens with zero attached hydrogens (tertiary/aromatic N) is 1. The van der Waals surface area contributed by atoms with Gasteiger partial charge in [-0.05, 0) is 42.5 Å². The van der Waals surface area contributed by atoms with Gasteiger partial charge in [-0.2, -0.15) is 0 Å². The van der Waals surface area contributed by atoms with Gasteiger partial charge in [0.15, 0.2) is 0 Å². The van der Waals surface area contributed by atoms with Crippen molar-refractivity contribution in [3.63, 3.8) is 0 Å². The summed E-state index contributed by atoms with van der Waals surface area (Å²) >= 11 is 0. The number of carbonyl (C=O) groups is 1. The summed E-state index contributed by atoms with van der Waals surface area (Å²) < 4.78 is 13.2. The molecule has 0 aliphatic carbocycles. The van der Waals surface area contributed by atoms with Crippen LogP contribution in [0.5, 0.6) is 0 Å². The molecule has 0 saturated heterocycles. The Morgan fingerprint density at radius 2 is 1.78 bits per heavy atom. The highest BCUT2D eigenvalue weighted by molar-refractivity contribution is 6.18. The number of carbonyl (C=O) groups excluding carboxylic acids is 1. The van der Waals surface area contributed by atoms with Crippen LogP contribution >= 0.6 is 0 Å². The number of hydrogen-bond acceptors (Lipinski definition) is 3. The third-order valence-electron chi connectivity index (χ3n) is 4.86. The van der Waals surface area contributed by atoms with Gasteiger partial charge >= 0.3 is 0 Å². The van der Waals surface area contributed by atoms with E-state index in [1.54, 1.807) is 18.6 Å². The standard InChI is InChI=1S/C22H16N2O3/c23-22(25)17-5-1-6-18-21(17)16-9-8-14(20-7-3-11-27-20)12-19(16)24(18)13-15-4-2-10-26-15/h1-12H,13H2,(H2,23,25). The Labute approximate surface area is 154 Å². The van der Waals surface area contributed by atoms with Crippen LogP contribution in [0.4, 0.5) is 0 Å². The van der Waals surface area contributed by atoms with Crippen LogP contribution in [0.15, 0.2) is 82.0 Å². The zero-order chi connectivity index (χ0) is 18.4. The van der Waals surface area contributed by atoms with E-state index in [-0.39, 0.29) is 0 Å². The van der Waals surface area contributed by atoms with Crippen molar-refractivity contribution in [1.82, 2.24) is 4.57 Å². The smallest absolute Gasteiger partial charge is 0.249 e. The first-order valence-corrected chi connectivity index (χ1v) is 8.63. The lowest BCUT2D eigenvalue weighted by atomic mass is 10.0. The molecular weight excluding hydrogens is 340 g/mol. The Kier molecular flexibility index (Phi) is 3.40. The van der Waals surface area contributed by atoms with E-state index in [0.29, 0.717) is 12.1 Å². The maximum Gasteiger partial charge on any atom is 0.249 e. The number of aromatic nitrogens is 1. The van der Waals surface area contributed by atoms with Gasteiger partial charge < -0.3 is 19.1 Å².